The quantitative estimate of drug-likeness (QED) is 0.910. The average Bonchev–Trinajstić information content (AvgIpc) is 2.80. The predicted octanol–water partition coefficient (Wildman–Crippen LogP) is 3.82. The third-order valence-corrected chi connectivity index (χ3v) is 4.37. The maximum atomic E-state index is 10.2. The van der Waals surface area contributed by atoms with E-state index >= 15 is 0 Å². The number of aromatic nitrogens is 1. The summed E-state index contributed by atoms with van der Waals surface area (Å²) in [5.74, 6) is 0.850. The highest BCUT2D eigenvalue weighted by Gasteiger charge is 2.24. The fraction of sp³-hybridized carbons (Fsp3) is 0.438. The van der Waals surface area contributed by atoms with Crippen LogP contribution in [-0.4, -0.2) is 10.1 Å². The average molecular weight is 291 g/mol. The van der Waals surface area contributed by atoms with Crippen molar-refractivity contribution in [1.29, 1.82) is 0 Å². The number of hydrogen-bond donors (Lipinski definition) is 1. The minimum Gasteiger partial charge on any atom is -0.486 e. The lowest BCUT2D eigenvalue weighted by Gasteiger charge is -2.15. The summed E-state index contributed by atoms with van der Waals surface area (Å²) in [6.07, 6.45) is 0.820. The molecule has 1 heterocycles. The van der Waals surface area contributed by atoms with Crippen LogP contribution in [0.4, 0.5) is 0 Å². The summed E-state index contributed by atoms with van der Waals surface area (Å²) in [6, 6.07) is 7.97. The first kappa shape index (κ1) is 15.0. The Bertz CT molecular complexity index is 584. The normalized spacial score (nSPS) is 11.7. The summed E-state index contributed by atoms with van der Waals surface area (Å²) in [7, 11) is 0. The zero-order chi connectivity index (χ0) is 14.8. The summed E-state index contributed by atoms with van der Waals surface area (Å²) < 4.78 is 5.76. The zero-order valence-corrected chi connectivity index (χ0v) is 13.3. The minimum atomic E-state index is -0.843. The van der Waals surface area contributed by atoms with Crippen LogP contribution >= 0.6 is 11.3 Å². The lowest BCUT2D eigenvalue weighted by molar-refractivity contribution is 0.0814. The van der Waals surface area contributed by atoms with Gasteiger partial charge < -0.3 is 9.84 Å². The van der Waals surface area contributed by atoms with E-state index in [-0.39, 0.29) is 0 Å². The number of hydrogen-bond acceptors (Lipinski definition) is 4. The van der Waals surface area contributed by atoms with Crippen molar-refractivity contribution in [3.05, 3.63) is 45.4 Å². The first-order valence-corrected chi connectivity index (χ1v) is 7.62. The molecule has 0 aliphatic heterocycles. The van der Waals surface area contributed by atoms with Gasteiger partial charge in [-0.1, -0.05) is 19.1 Å². The third-order valence-electron chi connectivity index (χ3n) is 2.98. The molecule has 108 valence electrons. The van der Waals surface area contributed by atoms with E-state index in [0.717, 1.165) is 27.7 Å². The van der Waals surface area contributed by atoms with Gasteiger partial charge in [0, 0.05) is 0 Å². The van der Waals surface area contributed by atoms with Gasteiger partial charge in [-0.3, -0.25) is 0 Å². The van der Waals surface area contributed by atoms with Gasteiger partial charge in [0.05, 0.1) is 16.2 Å². The highest BCUT2D eigenvalue weighted by Crippen LogP contribution is 2.30. The van der Waals surface area contributed by atoms with E-state index in [9.17, 15) is 5.11 Å². The second-order valence-corrected chi connectivity index (χ2v) is 6.48. The Morgan fingerprint density at radius 1 is 1.35 bits per heavy atom. The van der Waals surface area contributed by atoms with Crippen LogP contribution in [-0.2, 0) is 18.6 Å². The van der Waals surface area contributed by atoms with Gasteiger partial charge in [0.15, 0.2) is 0 Å². The van der Waals surface area contributed by atoms with Crippen molar-refractivity contribution in [2.75, 3.05) is 0 Å². The van der Waals surface area contributed by atoms with Crippen molar-refractivity contribution in [3.63, 3.8) is 0 Å². The number of aryl methyl sites for hydroxylation is 2. The number of benzene rings is 1. The van der Waals surface area contributed by atoms with Crippen molar-refractivity contribution in [2.24, 2.45) is 0 Å². The molecule has 20 heavy (non-hydrogen) atoms. The number of aliphatic hydroxyl groups is 1. The molecule has 0 aliphatic carbocycles. The van der Waals surface area contributed by atoms with Crippen LogP contribution in [0.25, 0.3) is 0 Å². The minimum absolute atomic E-state index is 0.442. The van der Waals surface area contributed by atoms with Gasteiger partial charge in [-0.25, -0.2) is 4.98 Å². The van der Waals surface area contributed by atoms with Crippen LogP contribution in [0.1, 0.15) is 41.9 Å². The van der Waals surface area contributed by atoms with Gasteiger partial charge in [0.1, 0.15) is 17.4 Å². The largest absolute Gasteiger partial charge is 0.486 e. The summed E-state index contributed by atoms with van der Waals surface area (Å²) in [4.78, 5) is 5.50. The molecule has 0 saturated heterocycles. The van der Waals surface area contributed by atoms with Crippen molar-refractivity contribution < 1.29 is 9.84 Å². The summed E-state index contributed by atoms with van der Waals surface area (Å²) >= 11 is 1.53. The first-order valence-electron chi connectivity index (χ1n) is 6.81. The van der Waals surface area contributed by atoms with Crippen LogP contribution in [0, 0.1) is 6.92 Å². The molecular formula is C16H21NO2S. The van der Waals surface area contributed by atoms with Crippen LogP contribution in [0.3, 0.4) is 0 Å². The van der Waals surface area contributed by atoms with Crippen LogP contribution < -0.4 is 4.74 Å². The molecule has 0 spiro atoms. The molecular weight excluding hydrogens is 270 g/mol. The van der Waals surface area contributed by atoms with Gasteiger partial charge >= 0.3 is 0 Å². The van der Waals surface area contributed by atoms with Crippen molar-refractivity contribution in [3.8, 4) is 5.75 Å². The van der Waals surface area contributed by atoms with E-state index in [4.69, 9.17) is 4.74 Å². The molecule has 2 aromatic rings. The molecule has 4 heteroatoms. The second kappa shape index (κ2) is 5.94. The molecule has 0 amide bonds. The molecule has 1 N–H and O–H groups in total. The highest BCUT2D eigenvalue weighted by atomic mass is 32.1. The molecule has 0 saturated carbocycles. The van der Waals surface area contributed by atoms with Crippen LogP contribution in [0.5, 0.6) is 5.75 Å². The van der Waals surface area contributed by atoms with Gasteiger partial charge in [-0.2, -0.15) is 0 Å². The second-order valence-electron chi connectivity index (χ2n) is 5.40. The Kier molecular flexibility index (Phi) is 4.45. The topological polar surface area (TPSA) is 42.4 Å². The van der Waals surface area contributed by atoms with E-state index in [1.807, 2.05) is 31.2 Å². The number of thiazole rings is 1. The van der Waals surface area contributed by atoms with E-state index in [1.165, 1.54) is 16.9 Å². The Hall–Kier alpha value is -1.39. The summed E-state index contributed by atoms with van der Waals surface area (Å²) in [5, 5.41) is 11.1. The van der Waals surface area contributed by atoms with Crippen molar-refractivity contribution in [1.82, 2.24) is 4.98 Å². The van der Waals surface area contributed by atoms with Crippen molar-refractivity contribution in [2.45, 2.75) is 46.3 Å². The smallest absolute Gasteiger partial charge is 0.140 e. The molecule has 0 atom stereocenters. The fourth-order valence-corrected chi connectivity index (χ4v) is 3.10. The van der Waals surface area contributed by atoms with E-state index in [0.29, 0.717) is 6.61 Å². The molecule has 2 rings (SSSR count). The molecule has 3 nitrogen and oxygen atoms in total. The molecule has 0 radical (unpaired) electrons. The maximum absolute atomic E-state index is 10.2. The van der Waals surface area contributed by atoms with Gasteiger partial charge in [-0.15, -0.1) is 11.3 Å². The Morgan fingerprint density at radius 3 is 2.65 bits per heavy atom. The Morgan fingerprint density at radius 2 is 2.10 bits per heavy atom. The van der Waals surface area contributed by atoms with E-state index in [2.05, 4.69) is 11.9 Å². The standard InChI is InChI=1S/C16H21NO2S/c1-5-13-15(16(3,4)18)20-14(17-13)10-19-12-8-6-7-11(2)9-12/h6-9,18H,5,10H2,1-4H3. The van der Waals surface area contributed by atoms with Crippen molar-refractivity contribution >= 4 is 11.3 Å². The Balaban J connectivity index is 2.12. The SMILES string of the molecule is CCc1nc(COc2cccc(C)c2)sc1C(C)(C)O. The predicted molar refractivity (Wildman–Crippen MR) is 82.2 cm³/mol. The van der Waals surface area contributed by atoms with Gasteiger partial charge in [0.25, 0.3) is 0 Å². The number of rotatable bonds is 5. The number of ether oxygens (including phenoxy) is 1. The molecule has 0 fully saturated rings. The summed E-state index contributed by atoms with van der Waals surface area (Å²) in [6.45, 7) is 8.13. The third kappa shape index (κ3) is 3.58. The zero-order valence-electron chi connectivity index (χ0n) is 12.4. The van der Waals surface area contributed by atoms with E-state index in [1.54, 1.807) is 13.8 Å². The summed E-state index contributed by atoms with van der Waals surface area (Å²) in [5.41, 5.74) is 1.29. The first-order chi connectivity index (χ1) is 9.40. The Labute approximate surface area is 124 Å². The highest BCUT2D eigenvalue weighted by molar-refractivity contribution is 7.11. The molecule has 0 aliphatic rings. The van der Waals surface area contributed by atoms with Gasteiger partial charge in [-0.05, 0) is 44.9 Å². The molecule has 0 unspecified atom stereocenters. The molecule has 1 aromatic heterocycles. The van der Waals surface area contributed by atoms with Crippen LogP contribution in [0.15, 0.2) is 24.3 Å². The fourth-order valence-electron chi connectivity index (χ4n) is 2.03. The number of nitrogens with zero attached hydrogens (tertiary/aromatic N) is 1. The molecule has 0 bridgehead atoms. The lowest BCUT2D eigenvalue weighted by atomic mass is 10.1. The lowest BCUT2D eigenvalue weighted by Crippen LogP contribution is -2.15. The van der Waals surface area contributed by atoms with Crippen LogP contribution in [0.2, 0.25) is 0 Å². The molecule has 1 aromatic carbocycles. The maximum Gasteiger partial charge on any atom is 0.140 e. The van der Waals surface area contributed by atoms with E-state index < -0.39 is 5.60 Å². The monoisotopic (exact) mass is 291 g/mol. The van der Waals surface area contributed by atoms with Gasteiger partial charge in [0.2, 0.25) is 0 Å².